The van der Waals surface area contributed by atoms with E-state index in [4.69, 9.17) is 10.1 Å². The molecular weight excluding hydrogens is 340 g/mol. The average molecular weight is 363 g/mol. The zero-order chi connectivity index (χ0) is 17.5. The second-order valence-corrected chi connectivity index (χ2v) is 5.36. The van der Waals surface area contributed by atoms with E-state index in [1.807, 2.05) is 56.3 Å². The number of nitrogens with one attached hydrogen (secondary N) is 4. The summed E-state index contributed by atoms with van der Waals surface area (Å²) in [6.07, 6.45) is 0. The lowest BCUT2D eigenvalue weighted by Gasteiger charge is -2.16. The van der Waals surface area contributed by atoms with Gasteiger partial charge >= 0.3 is 6.03 Å². The highest BCUT2D eigenvalue weighted by Crippen LogP contribution is 2.29. The van der Waals surface area contributed by atoms with Gasteiger partial charge in [0.15, 0.2) is 5.96 Å². The van der Waals surface area contributed by atoms with E-state index >= 15 is 0 Å². The third kappa shape index (κ3) is 5.69. The van der Waals surface area contributed by atoms with Crippen molar-refractivity contribution >= 4 is 30.1 Å². The van der Waals surface area contributed by atoms with Crippen molar-refractivity contribution in [3.63, 3.8) is 0 Å². The Labute approximate surface area is 153 Å². The van der Waals surface area contributed by atoms with E-state index in [-0.39, 0.29) is 18.4 Å². The van der Waals surface area contributed by atoms with Crippen LogP contribution >= 0.6 is 12.4 Å². The summed E-state index contributed by atoms with van der Waals surface area (Å²) < 4.78 is 5.88. The number of ether oxygens (including phenoxy) is 1. The van der Waals surface area contributed by atoms with Gasteiger partial charge in [-0.3, -0.25) is 10.7 Å². The molecule has 2 aromatic rings. The highest BCUT2D eigenvalue weighted by atomic mass is 35.5. The van der Waals surface area contributed by atoms with Gasteiger partial charge in [0.2, 0.25) is 0 Å². The first-order valence-corrected chi connectivity index (χ1v) is 7.62. The van der Waals surface area contributed by atoms with Gasteiger partial charge in [-0.25, -0.2) is 4.79 Å². The Morgan fingerprint density at radius 3 is 2.44 bits per heavy atom. The summed E-state index contributed by atoms with van der Waals surface area (Å²) in [5, 5.41) is 15.1. The number of guanidine groups is 1. The number of benzene rings is 2. The molecule has 0 saturated heterocycles. The number of aryl methyl sites for hydroxylation is 1. The first-order chi connectivity index (χ1) is 11.5. The van der Waals surface area contributed by atoms with Gasteiger partial charge in [0, 0.05) is 12.6 Å². The molecule has 2 aromatic carbocycles. The number of carbonyl (C=O) groups excluding carboxylic acids is 1. The largest absolute Gasteiger partial charge is 0.489 e. The van der Waals surface area contributed by atoms with Gasteiger partial charge in [-0.2, -0.15) is 0 Å². The smallest absolute Gasteiger partial charge is 0.326 e. The average Bonchev–Trinajstić information content (AvgIpc) is 2.58. The third-order valence-electron chi connectivity index (χ3n) is 3.59. The van der Waals surface area contributed by atoms with Gasteiger partial charge in [0.25, 0.3) is 0 Å². The van der Waals surface area contributed by atoms with Gasteiger partial charge in [0.05, 0.1) is 5.69 Å². The first-order valence-electron chi connectivity index (χ1n) is 7.62. The number of anilines is 1. The summed E-state index contributed by atoms with van der Waals surface area (Å²) in [6, 6.07) is 13.2. The molecule has 0 bridgehead atoms. The van der Waals surface area contributed by atoms with Crippen LogP contribution in [0.4, 0.5) is 10.5 Å². The first kappa shape index (κ1) is 20.3. The fourth-order valence-electron chi connectivity index (χ4n) is 2.23. The summed E-state index contributed by atoms with van der Waals surface area (Å²) in [6.45, 7) is 4.26. The standard InChI is InChI=1S/C18H22N4O2.ClH/c1-12-9-10-15(24-11-14-7-5-4-6-8-14)13(2)16(12)21-18(23)22-17(19)20-3;/h4-10H,11H2,1-3H3,(H4,19,20,21,22,23);1H. The van der Waals surface area contributed by atoms with E-state index in [1.54, 1.807) is 7.05 Å². The van der Waals surface area contributed by atoms with Gasteiger partial charge in [-0.05, 0) is 31.0 Å². The molecule has 0 spiro atoms. The summed E-state index contributed by atoms with van der Waals surface area (Å²) in [5.74, 6) is 0.641. The van der Waals surface area contributed by atoms with E-state index in [2.05, 4.69) is 16.0 Å². The van der Waals surface area contributed by atoms with Crippen molar-refractivity contribution in [1.29, 1.82) is 5.41 Å². The van der Waals surface area contributed by atoms with Crippen molar-refractivity contribution in [3.8, 4) is 5.75 Å². The zero-order valence-electron chi connectivity index (χ0n) is 14.5. The summed E-state index contributed by atoms with van der Waals surface area (Å²) in [4.78, 5) is 11.9. The lowest BCUT2D eigenvalue weighted by atomic mass is 10.1. The molecule has 0 atom stereocenters. The van der Waals surface area contributed by atoms with Crippen molar-refractivity contribution < 1.29 is 9.53 Å². The summed E-state index contributed by atoms with van der Waals surface area (Å²) >= 11 is 0. The minimum Gasteiger partial charge on any atom is -0.489 e. The van der Waals surface area contributed by atoms with E-state index in [0.29, 0.717) is 18.0 Å². The Kier molecular flexibility index (Phi) is 7.75. The van der Waals surface area contributed by atoms with Crippen LogP contribution in [0.2, 0.25) is 0 Å². The molecule has 0 aromatic heterocycles. The Morgan fingerprint density at radius 2 is 1.80 bits per heavy atom. The van der Waals surface area contributed by atoms with Crippen molar-refractivity contribution in [1.82, 2.24) is 10.6 Å². The lowest BCUT2D eigenvalue weighted by molar-refractivity contribution is 0.256. The highest BCUT2D eigenvalue weighted by molar-refractivity contribution is 6.02. The van der Waals surface area contributed by atoms with Gasteiger partial charge in [-0.15, -0.1) is 12.4 Å². The predicted molar refractivity (Wildman–Crippen MR) is 103 cm³/mol. The third-order valence-corrected chi connectivity index (χ3v) is 3.59. The Bertz CT molecular complexity index is 735. The number of amides is 2. The molecular formula is C18H23ClN4O2. The Morgan fingerprint density at radius 1 is 1.12 bits per heavy atom. The molecule has 0 unspecified atom stereocenters. The lowest BCUT2D eigenvalue weighted by Crippen LogP contribution is -2.40. The Balaban J connectivity index is 0.00000312. The summed E-state index contributed by atoms with van der Waals surface area (Å²) in [5.41, 5.74) is 3.52. The van der Waals surface area contributed by atoms with Gasteiger partial charge in [-0.1, -0.05) is 36.4 Å². The monoisotopic (exact) mass is 362 g/mol. The van der Waals surface area contributed by atoms with E-state index < -0.39 is 6.03 Å². The molecule has 0 radical (unpaired) electrons. The van der Waals surface area contributed by atoms with Crippen LogP contribution in [0.25, 0.3) is 0 Å². The predicted octanol–water partition coefficient (Wildman–Crippen LogP) is 3.58. The van der Waals surface area contributed by atoms with Crippen molar-refractivity contribution in [3.05, 3.63) is 59.2 Å². The second-order valence-electron chi connectivity index (χ2n) is 5.36. The van der Waals surface area contributed by atoms with Crippen LogP contribution in [0.1, 0.15) is 16.7 Å². The Hall–Kier alpha value is -2.73. The number of hydrogen-bond acceptors (Lipinski definition) is 3. The maximum Gasteiger partial charge on any atom is 0.326 e. The van der Waals surface area contributed by atoms with Crippen molar-refractivity contribution in [2.24, 2.45) is 0 Å². The molecule has 25 heavy (non-hydrogen) atoms. The zero-order valence-corrected chi connectivity index (χ0v) is 15.3. The SMILES string of the molecule is CNC(=N)NC(=O)Nc1c(C)ccc(OCc2ccccc2)c1C.Cl. The van der Waals surface area contributed by atoms with E-state index in [1.165, 1.54) is 0 Å². The van der Waals surface area contributed by atoms with Crippen LogP contribution in [0.5, 0.6) is 5.75 Å². The number of halogens is 1. The molecule has 0 heterocycles. The molecule has 0 aliphatic heterocycles. The molecule has 0 saturated carbocycles. The number of hydrogen-bond donors (Lipinski definition) is 4. The maximum atomic E-state index is 11.9. The number of carbonyl (C=O) groups is 1. The molecule has 7 heteroatoms. The van der Waals surface area contributed by atoms with Crippen LogP contribution in [-0.2, 0) is 6.61 Å². The van der Waals surface area contributed by atoms with Crippen LogP contribution in [0, 0.1) is 19.3 Å². The normalized spacial score (nSPS) is 9.56. The van der Waals surface area contributed by atoms with Crippen LogP contribution in [0.3, 0.4) is 0 Å². The number of rotatable bonds is 4. The molecule has 2 rings (SSSR count). The molecule has 6 nitrogen and oxygen atoms in total. The van der Waals surface area contributed by atoms with E-state index in [0.717, 1.165) is 16.7 Å². The van der Waals surface area contributed by atoms with Gasteiger partial charge < -0.3 is 15.4 Å². The number of urea groups is 1. The second kappa shape index (κ2) is 9.54. The quantitative estimate of drug-likeness (QED) is 0.495. The van der Waals surface area contributed by atoms with Crippen molar-refractivity contribution in [2.75, 3.05) is 12.4 Å². The summed E-state index contributed by atoms with van der Waals surface area (Å²) in [7, 11) is 1.57. The minimum atomic E-state index is -0.472. The topological polar surface area (TPSA) is 86.2 Å². The van der Waals surface area contributed by atoms with Crippen LogP contribution < -0.4 is 20.7 Å². The molecule has 134 valence electrons. The molecule has 4 N–H and O–H groups in total. The van der Waals surface area contributed by atoms with Crippen LogP contribution in [-0.4, -0.2) is 19.0 Å². The molecule has 0 fully saturated rings. The maximum absolute atomic E-state index is 11.9. The van der Waals surface area contributed by atoms with Crippen LogP contribution in [0.15, 0.2) is 42.5 Å². The molecule has 0 aliphatic carbocycles. The van der Waals surface area contributed by atoms with Crippen molar-refractivity contribution in [2.45, 2.75) is 20.5 Å². The highest BCUT2D eigenvalue weighted by Gasteiger charge is 2.12. The van der Waals surface area contributed by atoms with E-state index in [9.17, 15) is 4.79 Å². The fourth-order valence-corrected chi connectivity index (χ4v) is 2.23. The minimum absolute atomic E-state index is 0. The fraction of sp³-hybridized carbons (Fsp3) is 0.222. The molecule has 0 aliphatic rings. The van der Waals surface area contributed by atoms with Gasteiger partial charge in [0.1, 0.15) is 12.4 Å². The molecule has 2 amide bonds.